The molecule has 20 heavy (non-hydrogen) atoms. The van der Waals surface area contributed by atoms with Crippen LogP contribution in [0.15, 0.2) is 42.7 Å². The van der Waals surface area contributed by atoms with Crippen molar-refractivity contribution in [2.45, 2.75) is 18.7 Å². The Bertz CT molecular complexity index is 626. The van der Waals surface area contributed by atoms with Crippen LogP contribution in [-0.4, -0.2) is 10.1 Å². The first-order valence-electron chi connectivity index (χ1n) is 5.73. The zero-order valence-corrected chi connectivity index (χ0v) is 11.2. The molecule has 0 saturated carbocycles. The molecule has 0 amide bonds. The molecule has 6 heteroatoms. The third-order valence-electron chi connectivity index (χ3n) is 3.04. The molecule has 0 bridgehead atoms. The Morgan fingerprint density at radius 2 is 1.85 bits per heavy atom. The van der Waals surface area contributed by atoms with E-state index in [4.69, 9.17) is 11.6 Å². The van der Waals surface area contributed by atoms with Crippen LogP contribution >= 0.6 is 11.6 Å². The largest absolute Gasteiger partial charge is 0.416 e. The third kappa shape index (κ3) is 2.78. The zero-order valence-electron chi connectivity index (χ0n) is 10.4. The van der Waals surface area contributed by atoms with Gasteiger partial charge in [0.15, 0.2) is 0 Å². The summed E-state index contributed by atoms with van der Waals surface area (Å²) >= 11 is 5.82. The summed E-state index contributed by atoms with van der Waals surface area (Å²) in [6.45, 7) is 1.28. The molecule has 1 unspecified atom stereocenters. The highest BCUT2D eigenvalue weighted by Crippen LogP contribution is 2.39. The molecule has 1 aromatic heterocycles. The van der Waals surface area contributed by atoms with Gasteiger partial charge in [-0.2, -0.15) is 13.2 Å². The highest BCUT2D eigenvalue weighted by Gasteiger charge is 2.39. The van der Waals surface area contributed by atoms with Crippen molar-refractivity contribution in [2.75, 3.05) is 0 Å². The summed E-state index contributed by atoms with van der Waals surface area (Å²) in [7, 11) is 0. The standard InChI is InChI=1S/C14H11ClF3NO/c1-13(20,9-3-2-4-10(15)7-9)12-8-19-6-5-11(12)14(16,17)18/h2-8,20H,1H3. The van der Waals surface area contributed by atoms with Crippen molar-refractivity contribution in [3.63, 3.8) is 0 Å². The molecule has 0 spiro atoms. The van der Waals surface area contributed by atoms with Crippen LogP contribution in [0.1, 0.15) is 23.6 Å². The fourth-order valence-corrected chi connectivity index (χ4v) is 2.17. The van der Waals surface area contributed by atoms with Gasteiger partial charge in [-0.25, -0.2) is 0 Å². The highest BCUT2D eigenvalue weighted by atomic mass is 35.5. The number of pyridine rings is 1. The highest BCUT2D eigenvalue weighted by molar-refractivity contribution is 6.30. The van der Waals surface area contributed by atoms with Gasteiger partial charge in [-0.3, -0.25) is 4.98 Å². The van der Waals surface area contributed by atoms with E-state index in [2.05, 4.69) is 4.98 Å². The zero-order chi connectivity index (χ0) is 15.0. The van der Waals surface area contributed by atoms with Gasteiger partial charge in [-0.15, -0.1) is 0 Å². The van der Waals surface area contributed by atoms with Crippen LogP contribution < -0.4 is 0 Å². The number of benzene rings is 1. The average molecular weight is 302 g/mol. The van der Waals surface area contributed by atoms with Crippen molar-refractivity contribution in [3.05, 3.63) is 64.4 Å². The number of nitrogens with zero attached hydrogens (tertiary/aromatic N) is 1. The SMILES string of the molecule is CC(O)(c1cccc(Cl)c1)c1cnccc1C(F)(F)F. The summed E-state index contributed by atoms with van der Waals surface area (Å²) in [5.74, 6) is 0. The summed E-state index contributed by atoms with van der Waals surface area (Å²) in [4.78, 5) is 3.68. The average Bonchev–Trinajstić information content (AvgIpc) is 2.38. The Kier molecular flexibility index (Phi) is 3.75. The van der Waals surface area contributed by atoms with Gasteiger partial charge in [0.05, 0.1) is 5.56 Å². The molecule has 106 valence electrons. The Morgan fingerprint density at radius 1 is 1.15 bits per heavy atom. The summed E-state index contributed by atoms with van der Waals surface area (Å²) in [6, 6.07) is 6.92. The van der Waals surface area contributed by atoms with Gasteiger partial charge in [0.25, 0.3) is 0 Å². The predicted octanol–water partition coefficient (Wildman–Crippen LogP) is 4.01. The van der Waals surface area contributed by atoms with Gasteiger partial charge < -0.3 is 5.11 Å². The number of aromatic nitrogens is 1. The van der Waals surface area contributed by atoms with Crippen LogP contribution in [0.25, 0.3) is 0 Å². The first-order chi connectivity index (χ1) is 9.23. The van der Waals surface area contributed by atoms with E-state index in [1.165, 1.54) is 19.1 Å². The molecule has 1 N–H and O–H groups in total. The molecule has 0 aliphatic rings. The minimum Gasteiger partial charge on any atom is -0.381 e. The Morgan fingerprint density at radius 3 is 2.45 bits per heavy atom. The lowest BCUT2D eigenvalue weighted by molar-refractivity contribution is -0.140. The summed E-state index contributed by atoms with van der Waals surface area (Å²) in [6.07, 6.45) is -2.51. The van der Waals surface area contributed by atoms with Crippen molar-refractivity contribution >= 4 is 11.6 Å². The van der Waals surface area contributed by atoms with Gasteiger partial charge in [0.1, 0.15) is 5.60 Å². The summed E-state index contributed by atoms with van der Waals surface area (Å²) in [5.41, 5.74) is -2.81. The van der Waals surface area contributed by atoms with Crippen LogP contribution in [0, 0.1) is 0 Å². The van der Waals surface area contributed by atoms with Crippen molar-refractivity contribution in [3.8, 4) is 0 Å². The lowest BCUT2D eigenvalue weighted by Gasteiger charge is -2.27. The van der Waals surface area contributed by atoms with E-state index in [9.17, 15) is 18.3 Å². The van der Waals surface area contributed by atoms with E-state index in [1.807, 2.05) is 0 Å². The Hall–Kier alpha value is -1.59. The number of halogens is 4. The molecule has 2 aromatic rings. The number of hydrogen-bond donors (Lipinski definition) is 1. The normalized spacial score (nSPS) is 14.9. The van der Waals surface area contributed by atoms with Crippen molar-refractivity contribution in [1.82, 2.24) is 4.98 Å². The van der Waals surface area contributed by atoms with Gasteiger partial charge in [0.2, 0.25) is 0 Å². The first-order valence-corrected chi connectivity index (χ1v) is 6.11. The molecule has 0 aliphatic carbocycles. The van der Waals surface area contributed by atoms with E-state index >= 15 is 0 Å². The maximum absolute atomic E-state index is 13.0. The quantitative estimate of drug-likeness (QED) is 0.909. The van der Waals surface area contributed by atoms with Gasteiger partial charge in [-0.05, 0) is 30.7 Å². The number of aliphatic hydroxyl groups is 1. The van der Waals surface area contributed by atoms with Gasteiger partial charge in [0, 0.05) is 23.0 Å². The van der Waals surface area contributed by atoms with Crippen LogP contribution in [0.4, 0.5) is 13.2 Å². The minimum absolute atomic E-state index is 0.267. The molecule has 0 fully saturated rings. The number of rotatable bonds is 2. The van der Waals surface area contributed by atoms with Gasteiger partial charge >= 0.3 is 6.18 Å². The second-order valence-corrected chi connectivity index (χ2v) is 4.94. The van der Waals surface area contributed by atoms with Crippen molar-refractivity contribution in [2.24, 2.45) is 0 Å². The van der Waals surface area contributed by atoms with Crippen molar-refractivity contribution in [1.29, 1.82) is 0 Å². The fourth-order valence-electron chi connectivity index (χ4n) is 1.98. The van der Waals surface area contributed by atoms with E-state index in [0.717, 1.165) is 18.5 Å². The minimum atomic E-state index is -4.57. The molecule has 0 aliphatic heterocycles. The molecular formula is C14H11ClF3NO. The Labute approximate surface area is 118 Å². The lowest BCUT2D eigenvalue weighted by atomic mass is 9.86. The number of alkyl halides is 3. The van der Waals surface area contributed by atoms with E-state index < -0.39 is 17.3 Å². The maximum atomic E-state index is 13.0. The smallest absolute Gasteiger partial charge is 0.381 e. The topological polar surface area (TPSA) is 33.1 Å². The second-order valence-electron chi connectivity index (χ2n) is 4.50. The van der Waals surface area contributed by atoms with Crippen LogP contribution in [-0.2, 0) is 11.8 Å². The summed E-state index contributed by atoms with van der Waals surface area (Å²) < 4.78 is 39.0. The molecule has 0 saturated heterocycles. The third-order valence-corrected chi connectivity index (χ3v) is 3.27. The fraction of sp³-hybridized carbons (Fsp3) is 0.214. The van der Waals surface area contributed by atoms with E-state index in [0.29, 0.717) is 5.02 Å². The molecule has 2 nitrogen and oxygen atoms in total. The Balaban J connectivity index is 2.61. The monoisotopic (exact) mass is 301 g/mol. The first kappa shape index (κ1) is 14.8. The van der Waals surface area contributed by atoms with Crippen LogP contribution in [0.3, 0.4) is 0 Å². The molecular weight excluding hydrogens is 291 g/mol. The predicted molar refractivity (Wildman–Crippen MR) is 69.4 cm³/mol. The number of hydrogen-bond acceptors (Lipinski definition) is 2. The van der Waals surface area contributed by atoms with E-state index in [-0.39, 0.29) is 11.1 Å². The molecule has 1 aromatic carbocycles. The van der Waals surface area contributed by atoms with Crippen molar-refractivity contribution < 1.29 is 18.3 Å². The maximum Gasteiger partial charge on any atom is 0.416 e. The van der Waals surface area contributed by atoms with Gasteiger partial charge in [-0.1, -0.05) is 23.7 Å². The summed E-state index contributed by atoms with van der Waals surface area (Å²) in [5, 5.41) is 10.9. The van der Waals surface area contributed by atoms with Crippen LogP contribution in [0.2, 0.25) is 5.02 Å². The van der Waals surface area contributed by atoms with Crippen LogP contribution in [0.5, 0.6) is 0 Å². The molecule has 2 rings (SSSR count). The second kappa shape index (κ2) is 5.07. The molecule has 1 heterocycles. The molecule has 1 atom stereocenters. The molecule has 0 radical (unpaired) electrons. The van der Waals surface area contributed by atoms with E-state index in [1.54, 1.807) is 12.1 Å². The lowest BCUT2D eigenvalue weighted by Crippen LogP contribution is -2.27.